The van der Waals surface area contributed by atoms with Crippen LogP contribution in [0.15, 0.2) is 53.4 Å². The molecule has 3 rings (SSSR count). The van der Waals surface area contributed by atoms with Gasteiger partial charge >= 0.3 is 0 Å². The Kier molecular flexibility index (Phi) is 7.55. The van der Waals surface area contributed by atoms with Gasteiger partial charge in [-0.05, 0) is 50.2 Å². The van der Waals surface area contributed by atoms with Crippen LogP contribution in [0.5, 0.6) is 0 Å². The highest BCUT2D eigenvalue weighted by atomic mass is 35.5. The van der Waals surface area contributed by atoms with Gasteiger partial charge in [-0.2, -0.15) is 0 Å². The van der Waals surface area contributed by atoms with Crippen molar-refractivity contribution in [3.63, 3.8) is 0 Å². The SMILES string of the molecule is CCN(CC)C(C)C1=CC=CCC(N)=C1N1CCCN(c2ccc(Cl)cc2Cl)C1. The molecule has 1 aromatic carbocycles. The summed E-state index contributed by atoms with van der Waals surface area (Å²) in [5.74, 6) is 0. The van der Waals surface area contributed by atoms with Crippen LogP contribution >= 0.6 is 23.2 Å². The zero-order chi connectivity index (χ0) is 21.0. The summed E-state index contributed by atoms with van der Waals surface area (Å²) in [6.07, 6.45) is 8.36. The summed E-state index contributed by atoms with van der Waals surface area (Å²) in [5, 5.41) is 1.35. The van der Waals surface area contributed by atoms with E-state index in [4.69, 9.17) is 28.9 Å². The summed E-state index contributed by atoms with van der Waals surface area (Å²) in [4.78, 5) is 7.21. The number of anilines is 1. The molecule has 1 aliphatic carbocycles. The van der Waals surface area contributed by atoms with Crippen molar-refractivity contribution >= 4 is 28.9 Å². The van der Waals surface area contributed by atoms with Gasteiger partial charge in [-0.3, -0.25) is 4.90 Å². The lowest BCUT2D eigenvalue weighted by atomic mass is 9.99. The molecular formula is C23H32Cl2N4. The summed E-state index contributed by atoms with van der Waals surface area (Å²) in [6.45, 7) is 11.4. The predicted molar refractivity (Wildman–Crippen MR) is 125 cm³/mol. The molecule has 1 atom stereocenters. The number of allylic oxidation sites excluding steroid dienone is 3. The second kappa shape index (κ2) is 9.92. The van der Waals surface area contributed by atoms with Crippen LogP contribution in [0.3, 0.4) is 0 Å². The average molecular weight is 435 g/mol. The zero-order valence-electron chi connectivity index (χ0n) is 17.7. The third-order valence-electron chi connectivity index (χ3n) is 5.90. The summed E-state index contributed by atoms with van der Waals surface area (Å²) in [6, 6.07) is 6.03. The molecule has 158 valence electrons. The fourth-order valence-electron chi connectivity index (χ4n) is 4.34. The number of benzene rings is 1. The van der Waals surface area contributed by atoms with Crippen molar-refractivity contribution in [3.05, 3.63) is 63.4 Å². The van der Waals surface area contributed by atoms with Crippen molar-refractivity contribution in [2.45, 2.75) is 39.7 Å². The minimum atomic E-state index is 0.302. The van der Waals surface area contributed by atoms with E-state index >= 15 is 0 Å². The van der Waals surface area contributed by atoms with Gasteiger partial charge in [0.15, 0.2) is 0 Å². The lowest BCUT2D eigenvalue weighted by Crippen LogP contribution is -2.47. The Labute approximate surface area is 185 Å². The van der Waals surface area contributed by atoms with Crippen LogP contribution in [0.4, 0.5) is 5.69 Å². The monoisotopic (exact) mass is 434 g/mol. The van der Waals surface area contributed by atoms with E-state index in [0.717, 1.165) is 57.1 Å². The molecule has 1 unspecified atom stereocenters. The number of nitrogens with two attached hydrogens (primary N) is 1. The number of hydrogen-bond donors (Lipinski definition) is 1. The van der Waals surface area contributed by atoms with E-state index in [0.29, 0.717) is 16.1 Å². The minimum Gasteiger partial charge on any atom is -0.400 e. The van der Waals surface area contributed by atoms with Gasteiger partial charge < -0.3 is 15.5 Å². The average Bonchev–Trinajstić information content (AvgIpc) is 2.90. The standard InChI is InChI=1S/C23H32Cl2N4/c1-4-27(5-2)17(3)19-9-6-7-10-21(26)23(19)29-14-8-13-28(16-29)22-12-11-18(24)15-20(22)25/h6-7,9,11-12,15,17H,4-5,8,10,13-14,16,26H2,1-3H3. The Hall–Kier alpha value is -1.62. The summed E-state index contributed by atoms with van der Waals surface area (Å²) in [7, 11) is 0. The fourth-order valence-corrected chi connectivity index (χ4v) is 4.86. The topological polar surface area (TPSA) is 35.7 Å². The molecule has 4 nitrogen and oxygen atoms in total. The maximum atomic E-state index is 6.62. The Balaban J connectivity index is 1.91. The number of likely N-dealkylation sites (N-methyl/N-ethyl adjacent to an activating group) is 1. The highest BCUT2D eigenvalue weighted by molar-refractivity contribution is 6.36. The Morgan fingerprint density at radius 3 is 2.55 bits per heavy atom. The Morgan fingerprint density at radius 1 is 1.14 bits per heavy atom. The number of halogens is 2. The minimum absolute atomic E-state index is 0.302. The van der Waals surface area contributed by atoms with Gasteiger partial charge in [0.25, 0.3) is 0 Å². The lowest BCUT2D eigenvalue weighted by Gasteiger charge is -2.42. The largest absolute Gasteiger partial charge is 0.400 e. The molecule has 2 N–H and O–H groups in total. The van der Waals surface area contributed by atoms with Crippen LogP contribution < -0.4 is 10.6 Å². The first kappa shape index (κ1) is 22.1. The van der Waals surface area contributed by atoms with Crippen molar-refractivity contribution in [1.29, 1.82) is 0 Å². The fraction of sp³-hybridized carbons (Fsp3) is 0.478. The van der Waals surface area contributed by atoms with E-state index < -0.39 is 0 Å². The van der Waals surface area contributed by atoms with Gasteiger partial charge in [-0.1, -0.05) is 55.3 Å². The number of hydrogen-bond acceptors (Lipinski definition) is 4. The third kappa shape index (κ3) is 4.93. The maximum Gasteiger partial charge on any atom is 0.0903 e. The molecule has 1 heterocycles. The summed E-state index contributed by atoms with van der Waals surface area (Å²) >= 11 is 12.6. The van der Waals surface area contributed by atoms with E-state index in [1.165, 1.54) is 11.3 Å². The van der Waals surface area contributed by atoms with E-state index in [1.54, 1.807) is 0 Å². The van der Waals surface area contributed by atoms with Crippen molar-refractivity contribution < 1.29 is 0 Å². The van der Waals surface area contributed by atoms with Crippen LogP contribution in [-0.2, 0) is 0 Å². The maximum absolute atomic E-state index is 6.62. The highest BCUT2D eigenvalue weighted by Gasteiger charge is 2.28. The smallest absolute Gasteiger partial charge is 0.0903 e. The van der Waals surface area contributed by atoms with Crippen LogP contribution in [0, 0.1) is 0 Å². The van der Waals surface area contributed by atoms with E-state index in [-0.39, 0.29) is 0 Å². The van der Waals surface area contributed by atoms with Crippen molar-refractivity contribution in [3.8, 4) is 0 Å². The molecule has 0 amide bonds. The molecule has 1 saturated heterocycles. The van der Waals surface area contributed by atoms with Crippen molar-refractivity contribution in [2.75, 3.05) is 37.7 Å². The first-order chi connectivity index (χ1) is 14.0. The van der Waals surface area contributed by atoms with Crippen LogP contribution in [0.1, 0.15) is 33.6 Å². The van der Waals surface area contributed by atoms with Gasteiger partial charge in [0.1, 0.15) is 0 Å². The molecule has 0 bridgehead atoms. The van der Waals surface area contributed by atoms with Gasteiger partial charge in [-0.25, -0.2) is 0 Å². The first-order valence-electron chi connectivity index (χ1n) is 10.5. The summed E-state index contributed by atoms with van der Waals surface area (Å²) < 4.78 is 0. The second-order valence-corrected chi connectivity index (χ2v) is 8.49. The van der Waals surface area contributed by atoms with E-state index in [1.807, 2.05) is 18.2 Å². The normalized spacial score (nSPS) is 18.9. The Bertz CT molecular complexity index is 811. The van der Waals surface area contributed by atoms with Crippen molar-refractivity contribution in [1.82, 2.24) is 9.80 Å². The van der Waals surface area contributed by atoms with Gasteiger partial charge in [0.2, 0.25) is 0 Å². The molecule has 1 fully saturated rings. The molecule has 0 saturated carbocycles. The number of nitrogens with zero attached hydrogens (tertiary/aromatic N) is 3. The quantitative estimate of drug-likeness (QED) is 0.662. The van der Waals surface area contributed by atoms with Gasteiger partial charge in [0.05, 0.1) is 23.1 Å². The van der Waals surface area contributed by atoms with E-state index in [2.05, 4.69) is 53.7 Å². The molecule has 6 heteroatoms. The van der Waals surface area contributed by atoms with E-state index in [9.17, 15) is 0 Å². The summed E-state index contributed by atoms with van der Waals surface area (Å²) in [5.41, 5.74) is 11.1. The number of rotatable bonds is 6. The van der Waals surface area contributed by atoms with Crippen LogP contribution in [0.2, 0.25) is 10.0 Å². The van der Waals surface area contributed by atoms with Crippen molar-refractivity contribution in [2.24, 2.45) is 5.73 Å². The molecule has 1 aliphatic heterocycles. The van der Waals surface area contributed by atoms with Gasteiger partial charge in [0, 0.05) is 36.3 Å². The molecule has 0 radical (unpaired) electrons. The predicted octanol–water partition coefficient (Wildman–Crippen LogP) is 5.25. The zero-order valence-corrected chi connectivity index (χ0v) is 19.2. The van der Waals surface area contributed by atoms with Crippen LogP contribution in [-0.4, -0.2) is 48.7 Å². The highest BCUT2D eigenvalue weighted by Crippen LogP contribution is 2.33. The van der Waals surface area contributed by atoms with Gasteiger partial charge in [-0.15, -0.1) is 0 Å². The molecule has 0 aromatic heterocycles. The first-order valence-corrected chi connectivity index (χ1v) is 11.3. The molecule has 1 aromatic rings. The second-order valence-electron chi connectivity index (χ2n) is 7.64. The third-order valence-corrected chi connectivity index (χ3v) is 6.44. The molecule has 29 heavy (non-hydrogen) atoms. The molecule has 2 aliphatic rings. The molecule has 0 spiro atoms. The molecular weight excluding hydrogens is 403 g/mol. The lowest BCUT2D eigenvalue weighted by molar-refractivity contribution is 0.243. The van der Waals surface area contributed by atoms with Crippen LogP contribution in [0.25, 0.3) is 0 Å². The Morgan fingerprint density at radius 2 is 1.86 bits per heavy atom.